The van der Waals surface area contributed by atoms with Crippen molar-refractivity contribution in [2.75, 3.05) is 13.1 Å². The van der Waals surface area contributed by atoms with Crippen LogP contribution in [0.1, 0.15) is 33.3 Å². The molecule has 0 saturated carbocycles. The fourth-order valence-corrected chi connectivity index (χ4v) is 1.91. The van der Waals surface area contributed by atoms with Crippen molar-refractivity contribution in [3.8, 4) is 5.75 Å². The number of hydrogen-bond donors (Lipinski definition) is 1. The Morgan fingerprint density at radius 3 is 2.33 bits per heavy atom. The summed E-state index contributed by atoms with van der Waals surface area (Å²) in [4.78, 5) is 10.3. The van der Waals surface area contributed by atoms with E-state index in [-0.39, 0.29) is 11.4 Å². The number of nitro benzene ring substituents is 1. The molecule has 1 aromatic rings. The van der Waals surface area contributed by atoms with Crippen molar-refractivity contribution in [1.29, 1.82) is 0 Å². The van der Waals surface area contributed by atoms with E-state index in [0.717, 1.165) is 13.1 Å². The van der Waals surface area contributed by atoms with E-state index >= 15 is 0 Å². The van der Waals surface area contributed by atoms with E-state index in [1.54, 1.807) is 0 Å². The van der Waals surface area contributed by atoms with Crippen molar-refractivity contribution in [2.45, 2.75) is 27.7 Å². The van der Waals surface area contributed by atoms with Gasteiger partial charge >= 0.3 is 0 Å². The molecule has 0 unspecified atom stereocenters. The second-order valence-corrected chi connectivity index (χ2v) is 5.90. The van der Waals surface area contributed by atoms with Crippen LogP contribution in [0, 0.1) is 22.0 Å². The maximum Gasteiger partial charge on any atom is 0.270 e. The molecule has 0 bridgehead atoms. The number of hydrazone groups is 1. The van der Waals surface area contributed by atoms with Crippen LogP contribution in [-0.2, 0) is 0 Å². The highest BCUT2D eigenvalue weighted by Crippen LogP contribution is 2.21. The molecular weight excluding hydrogens is 270 g/mol. The summed E-state index contributed by atoms with van der Waals surface area (Å²) in [5.41, 5.74) is 0.287. The van der Waals surface area contributed by atoms with Crippen LogP contribution in [0.25, 0.3) is 0 Å². The summed E-state index contributed by atoms with van der Waals surface area (Å²) in [6.07, 6.45) is 1.48. The molecule has 1 rings (SSSR count). The van der Waals surface area contributed by atoms with Gasteiger partial charge in [0.1, 0.15) is 5.75 Å². The molecule has 116 valence electrons. The van der Waals surface area contributed by atoms with E-state index < -0.39 is 4.92 Å². The summed E-state index contributed by atoms with van der Waals surface area (Å²) < 4.78 is 0. The molecule has 6 heteroatoms. The summed E-state index contributed by atoms with van der Waals surface area (Å²) >= 11 is 0. The SMILES string of the molecule is CC(C)CN(CC(C)C)N=Cc1cc([N+](=O)[O-])ccc1O. The molecule has 0 aliphatic carbocycles. The minimum atomic E-state index is -0.489. The molecule has 6 nitrogen and oxygen atoms in total. The van der Waals surface area contributed by atoms with Crippen molar-refractivity contribution >= 4 is 11.9 Å². The molecule has 0 aromatic heterocycles. The Balaban J connectivity index is 2.94. The molecular formula is C15H23N3O3. The Bertz CT molecular complexity index is 503. The summed E-state index contributed by atoms with van der Waals surface area (Å²) in [6, 6.07) is 3.91. The summed E-state index contributed by atoms with van der Waals surface area (Å²) in [7, 11) is 0. The molecule has 0 atom stereocenters. The zero-order valence-electron chi connectivity index (χ0n) is 13.0. The maximum absolute atomic E-state index is 10.8. The number of non-ortho nitro benzene ring substituents is 1. The first kappa shape index (κ1) is 16.9. The van der Waals surface area contributed by atoms with E-state index in [2.05, 4.69) is 32.8 Å². The van der Waals surface area contributed by atoms with Gasteiger partial charge in [0.15, 0.2) is 0 Å². The Hall–Kier alpha value is -2.11. The van der Waals surface area contributed by atoms with Crippen molar-refractivity contribution < 1.29 is 10.0 Å². The quantitative estimate of drug-likeness (QED) is 0.475. The highest BCUT2D eigenvalue weighted by molar-refractivity contribution is 5.84. The number of hydrogen-bond acceptors (Lipinski definition) is 5. The number of aromatic hydroxyl groups is 1. The molecule has 0 aliphatic rings. The fraction of sp³-hybridized carbons (Fsp3) is 0.533. The minimum absolute atomic E-state index is 0.0154. The average molecular weight is 293 g/mol. The zero-order chi connectivity index (χ0) is 16.0. The van der Waals surface area contributed by atoms with Gasteiger partial charge in [-0.05, 0) is 17.9 Å². The Morgan fingerprint density at radius 1 is 1.29 bits per heavy atom. The smallest absolute Gasteiger partial charge is 0.270 e. The highest BCUT2D eigenvalue weighted by Gasteiger charge is 2.10. The standard InChI is InChI=1S/C15H23N3O3/c1-11(2)9-17(10-12(3)4)16-8-13-7-14(18(20)21)5-6-15(13)19/h5-8,11-12,19H,9-10H2,1-4H3. The average Bonchev–Trinajstić information content (AvgIpc) is 2.35. The van der Waals surface area contributed by atoms with E-state index in [4.69, 9.17) is 0 Å². The van der Waals surface area contributed by atoms with Gasteiger partial charge < -0.3 is 5.11 Å². The first-order chi connectivity index (χ1) is 9.79. The van der Waals surface area contributed by atoms with Gasteiger partial charge in [0.2, 0.25) is 0 Å². The third-order valence-electron chi connectivity index (χ3n) is 2.73. The minimum Gasteiger partial charge on any atom is -0.507 e. The summed E-state index contributed by atoms with van der Waals surface area (Å²) in [5, 5.41) is 26.8. The predicted octanol–water partition coefficient (Wildman–Crippen LogP) is 3.25. The first-order valence-corrected chi connectivity index (χ1v) is 7.06. The number of nitrogens with zero attached hydrogens (tertiary/aromatic N) is 3. The van der Waals surface area contributed by atoms with Gasteiger partial charge in [0.25, 0.3) is 5.69 Å². The topological polar surface area (TPSA) is 79.0 Å². The molecule has 0 heterocycles. The van der Waals surface area contributed by atoms with Gasteiger partial charge in [-0.2, -0.15) is 5.10 Å². The lowest BCUT2D eigenvalue weighted by atomic mass is 10.2. The van der Waals surface area contributed by atoms with Crippen molar-refractivity contribution in [1.82, 2.24) is 5.01 Å². The molecule has 0 saturated heterocycles. The molecule has 1 N–H and O–H groups in total. The van der Waals surface area contributed by atoms with Crippen molar-refractivity contribution in [3.63, 3.8) is 0 Å². The lowest BCUT2D eigenvalue weighted by Crippen LogP contribution is -2.26. The number of phenolic OH excluding ortho intramolecular Hbond substituents is 1. The monoisotopic (exact) mass is 293 g/mol. The second kappa shape index (κ2) is 7.61. The third kappa shape index (κ3) is 5.81. The number of benzene rings is 1. The number of nitro groups is 1. The molecule has 21 heavy (non-hydrogen) atoms. The number of rotatable bonds is 7. The van der Waals surface area contributed by atoms with Crippen LogP contribution in [0.15, 0.2) is 23.3 Å². The molecule has 0 amide bonds. The molecule has 1 aromatic carbocycles. The molecule has 0 spiro atoms. The summed E-state index contributed by atoms with van der Waals surface area (Å²) in [5.74, 6) is 0.901. The van der Waals surface area contributed by atoms with Crippen molar-refractivity contribution in [3.05, 3.63) is 33.9 Å². The normalized spacial score (nSPS) is 11.5. The van der Waals surface area contributed by atoms with Crippen LogP contribution in [0.4, 0.5) is 5.69 Å². The Labute approximate surface area is 125 Å². The van der Waals surface area contributed by atoms with Crippen LogP contribution in [0.3, 0.4) is 0 Å². The number of phenols is 1. The van der Waals surface area contributed by atoms with E-state index in [1.807, 2.05) is 5.01 Å². The predicted molar refractivity (Wildman–Crippen MR) is 83.6 cm³/mol. The van der Waals surface area contributed by atoms with Gasteiger partial charge in [-0.25, -0.2) is 0 Å². The van der Waals surface area contributed by atoms with Gasteiger partial charge in [-0.3, -0.25) is 15.1 Å². The molecule has 0 aliphatic heterocycles. The van der Waals surface area contributed by atoms with E-state index in [9.17, 15) is 15.2 Å². The third-order valence-corrected chi connectivity index (χ3v) is 2.73. The van der Waals surface area contributed by atoms with Gasteiger partial charge in [-0.15, -0.1) is 0 Å². The second-order valence-electron chi connectivity index (χ2n) is 5.90. The first-order valence-electron chi connectivity index (χ1n) is 7.06. The largest absolute Gasteiger partial charge is 0.507 e. The lowest BCUT2D eigenvalue weighted by Gasteiger charge is -2.23. The molecule has 0 fully saturated rings. The van der Waals surface area contributed by atoms with Gasteiger partial charge in [-0.1, -0.05) is 27.7 Å². The van der Waals surface area contributed by atoms with Crippen LogP contribution in [0.2, 0.25) is 0 Å². The maximum atomic E-state index is 10.8. The van der Waals surface area contributed by atoms with Crippen LogP contribution in [-0.4, -0.2) is 34.3 Å². The van der Waals surface area contributed by atoms with Gasteiger partial charge in [0, 0.05) is 30.8 Å². The van der Waals surface area contributed by atoms with E-state index in [0.29, 0.717) is 17.4 Å². The Kier molecular flexibility index (Phi) is 6.14. The molecule has 0 radical (unpaired) electrons. The van der Waals surface area contributed by atoms with E-state index in [1.165, 1.54) is 24.4 Å². The van der Waals surface area contributed by atoms with Gasteiger partial charge in [0.05, 0.1) is 11.1 Å². The zero-order valence-corrected chi connectivity index (χ0v) is 13.0. The lowest BCUT2D eigenvalue weighted by molar-refractivity contribution is -0.384. The van der Waals surface area contributed by atoms with Crippen LogP contribution < -0.4 is 0 Å². The Morgan fingerprint density at radius 2 is 1.86 bits per heavy atom. The van der Waals surface area contributed by atoms with Crippen LogP contribution in [0.5, 0.6) is 5.75 Å². The fourth-order valence-electron chi connectivity index (χ4n) is 1.91. The van der Waals surface area contributed by atoms with Crippen LogP contribution >= 0.6 is 0 Å². The van der Waals surface area contributed by atoms with Crippen molar-refractivity contribution in [2.24, 2.45) is 16.9 Å². The highest BCUT2D eigenvalue weighted by atomic mass is 16.6. The summed E-state index contributed by atoms with van der Waals surface area (Å²) in [6.45, 7) is 10.0.